The summed E-state index contributed by atoms with van der Waals surface area (Å²) < 4.78 is 49.4. The molecule has 1 rings (SSSR count). The molecule has 17 nitrogen and oxygen atoms in total. The maximum absolute atomic E-state index is 13.0. The number of aliphatic hydroxyl groups is 4. The van der Waals surface area contributed by atoms with E-state index in [0.29, 0.717) is 25.7 Å². The first kappa shape index (κ1) is 64.4. The predicted molar refractivity (Wildman–Crippen MR) is 265 cm³/mol. The molecule has 1 aliphatic carbocycles. The third kappa shape index (κ3) is 34.4. The van der Waals surface area contributed by atoms with E-state index in [1.807, 2.05) is 12.2 Å². The Morgan fingerprint density at radius 1 is 0.507 bits per heavy atom. The zero-order valence-electron chi connectivity index (χ0n) is 41.2. The van der Waals surface area contributed by atoms with Crippen LogP contribution in [0.25, 0.3) is 0 Å². The Morgan fingerprint density at radius 2 is 0.971 bits per heavy atom. The molecule has 0 heterocycles. The van der Waals surface area contributed by atoms with Crippen LogP contribution in [0.2, 0.25) is 0 Å². The first-order valence-corrected chi connectivity index (χ1v) is 28.3. The van der Waals surface area contributed by atoms with Gasteiger partial charge in [-0.2, -0.15) is 0 Å². The van der Waals surface area contributed by atoms with E-state index >= 15 is 0 Å². The van der Waals surface area contributed by atoms with Gasteiger partial charge in [-0.3, -0.25) is 28.0 Å². The summed E-state index contributed by atoms with van der Waals surface area (Å²) in [4.78, 5) is 66.2. The second-order valence-electron chi connectivity index (χ2n) is 17.6. The van der Waals surface area contributed by atoms with Crippen LogP contribution in [0.4, 0.5) is 0 Å². The highest BCUT2D eigenvalue weighted by Crippen LogP contribution is 2.49. The van der Waals surface area contributed by atoms with Crippen molar-refractivity contribution in [2.24, 2.45) is 0 Å². The molecular weight excluding hydrogens is 934 g/mol. The number of esters is 2. The normalized spacial score (nSPS) is 21.5. The standard InChI is InChI=1S/C50H86O17P2/c1-3-5-7-8-9-10-11-12-13-14-15-16-17-18-19-20-23-26-29-33-37-43(52)63-39-42(65-44(53)38-34-30-27-24-21-22-25-28-32-36-41(51)35-31-6-4-2)40-64-69(61,62)67-50-47(56)45(54)46(55)49(48(50)57)66-68(58,59)60/h10-11,13-14,16-17,25,28,32,36,42,45-50,54-57H,3-9,12,15,18-24,26-27,29-31,33-35,37-40H2,1-2H3,(H,61,62)(H2,58,59,60)/b11-10-,14-13-,17-16-,28-25-,36-32+/t42-,45?,46?,47?,48?,49-,50+/m1/s1. The molecular formula is C50H86O17P2. The average Bonchev–Trinajstić information content (AvgIpc) is 3.30. The molecule has 1 fully saturated rings. The van der Waals surface area contributed by atoms with E-state index in [9.17, 15) is 58.6 Å². The van der Waals surface area contributed by atoms with Crippen molar-refractivity contribution in [3.8, 4) is 0 Å². The number of aliphatic hydroxyl groups excluding tert-OH is 4. The largest absolute Gasteiger partial charge is 0.472 e. The third-order valence-electron chi connectivity index (χ3n) is 11.3. The van der Waals surface area contributed by atoms with Crippen molar-refractivity contribution >= 4 is 33.4 Å². The molecule has 0 spiro atoms. The van der Waals surface area contributed by atoms with Crippen LogP contribution in [0, 0.1) is 0 Å². The molecule has 0 aromatic carbocycles. The predicted octanol–water partition coefficient (Wildman–Crippen LogP) is 9.41. The van der Waals surface area contributed by atoms with Gasteiger partial charge in [0.1, 0.15) is 43.2 Å². The van der Waals surface area contributed by atoms with Gasteiger partial charge in [0.2, 0.25) is 0 Å². The van der Waals surface area contributed by atoms with Gasteiger partial charge in [0.05, 0.1) is 6.61 Å². The maximum Gasteiger partial charge on any atom is 0.472 e. The molecule has 69 heavy (non-hydrogen) atoms. The number of phosphoric acid groups is 2. The summed E-state index contributed by atoms with van der Waals surface area (Å²) in [7, 11) is -10.7. The van der Waals surface area contributed by atoms with Crippen LogP contribution < -0.4 is 0 Å². The van der Waals surface area contributed by atoms with Crippen LogP contribution in [-0.2, 0) is 46.6 Å². The number of carbonyl (C=O) groups is 3. The summed E-state index contributed by atoms with van der Waals surface area (Å²) in [6.45, 7) is 2.91. The highest BCUT2D eigenvalue weighted by Gasteiger charge is 2.54. The molecule has 5 unspecified atom stereocenters. The second kappa shape index (κ2) is 39.9. The number of phosphoric ester groups is 2. The van der Waals surface area contributed by atoms with Crippen LogP contribution in [0.5, 0.6) is 0 Å². The average molecular weight is 1020 g/mol. The molecule has 19 heteroatoms. The minimum Gasteiger partial charge on any atom is -0.462 e. The quantitative estimate of drug-likeness (QED) is 0.00749. The molecule has 0 amide bonds. The molecule has 0 saturated heterocycles. The number of ketones is 1. The van der Waals surface area contributed by atoms with Crippen LogP contribution in [0.3, 0.4) is 0 Å². The first-order valence-electron chi connectivity index (χ1n) is 25.3. The molecule has 398 valence electrons. The van der Waals surface area contributed by atoms with Crippen molar-refractivity contribution in [3.05, 3.63) is 60.8 Å². The molecule has 0 aliphatic heterocycles. The van der Waals surface area contributed by atoms with Gasteiger partial charge in [0.25, 0.3) is 0 Å². The van der Waals surface area contributed by atoms with Crippen LogP contribution in [0.1, 0.15) is 181 Å². The number of hydrogen-bond donors (Lipinski definition) is 7. The van der Waals surface area contributed by atoms with Crippen LogP contribution >= 0.6 is 15.6 Å². The lowest BCUT2D eigenvalue weighted by Crippen LogP contribution is -2.64. The van der Waals surface area contributed by atoms with Crippen molar-refractivity contribution in [3.63, 3.8) is 0 Å². The minimum atomic E-state index is -5.38. The molecule has 1 saturated carbocycles. The third-order valence-corrected chi connectivity index (χ3v) is 12.8. The van der Waals surface area contributed by atoms with Gasteiger partial charge in [-0.05, 0) is 76.7 Å². The highest BCUT2D eigenvalue weighted by atomic mass is 31.2. The van der Waals surface area contributed by atoms with Gasteiger partial charge in [-0.15, -0.1) is 0 Å². The van der Waals surface area contributed by atoms with E-state index < -0.39 is 83.5 Å². The zero-order valence-corrected chi connectivity index (χ0v) is 43.0. The fourth-order valence-corrected chi connectivity index (χ4v) is 8.85. The van der Waals surface area contributed by atoms with E-state index in [0.717, 1.165) is 103 Å². The molecule has 0 radical (unpaired) electrons. The van der Waals surface area contributed by atoms with Crippen molar-refractivity contribution in [1.29, 1.82) is 0 Å². The van der Waals surface area contributed by atoms with E-state index in [4.69, 9.17) is 18.5 Å². The molecule has 1 aliphatic rings. The number of hydrogen-bond acceptors (Lipinski definition) is 14. The van der Waals surface area contributed by atoms with Crippen molar-refractivity contribution < 1.29 is 81.7 Å². The summed E-state index contributed by atoms with van der Waals surface area (Å²) >= 11 is 0. The Kier molecular flexibility index (Phi) is 37.3. The Hall–Kier alpha value is -2.63. The number of ether oxygens (including phenoxy) is 2. The lowest BCUT2D eigenvalue weighted by Gasteiger charge is -2.43. The number of allylic oxidation sites excluding steroid dienone is 10. The molecule has 0 bridgehead atoms. The lowest BCUT2D eigenvalue weighted by atomic mass is 9.85. The van der Waals surface area contributed by atoms with Crippen molar-refractivity contribution in [2.75, 3.05) is 13.2 Å². The summed E-state index contributed by atoms with van der Waals surface area (Å²) in [6, 6.07) is 0. The Labute approximate surface area is 411 Å². The van der Waals surface area contributed by atoms with Crippen LogP contribution in [-0.4, -0.2) is 109 Å². The SMILES string of the molecule is CCCCCC/C=C\C/C=C\C/C=C\CCCCCCCCC(=O)OC[C@H](COP(=O)(O)O[C@H]1C(O)C(O)C(O)[C@@H](OP(=O)(O)O)C1O)OC(=O)CCCCCCC/C=C\C=C\C(=O)CCCCC. The number of unbranched alkanes of at least 4 members (excludes halogenated alkanes) is 17. The molecule has 7 N–H and O–H groups in total. The van der Waals surface area contributed by atoms with E-state index in [2.05, 4.69) is 54.8 Å². The van der Waals surface area contributed by atoms with Gasteiger partial charge in [0.15, 0.2) is 11.9 Å². The highest BCUT2D eigenvalue weighted by molar-refractivity contribution is 7.47. The van der Waals surface area contributed by atoms with Gasteiger partial charge in [-0.25, -0.2) is 9.13 Å². The monoisotopic (exact) mass is 1020 g/mol. The van der Waals surface area contributed by atoms with Gasteiger partial charge >= 0.3 is 27.6 Å². The number of rotatable bonds is 42. The van der Waals surface area contributed by atoms with Crippen molar-refractivity contribution in [2.45, 2.75) is 224 Å². The van der Waals surface area contributed by atoms with E-state index in [-0.39, 0.29) is 18.6 Å². The Balaban J connectivity index is 2.58. The topological polar surface area (TPSA) is 273 Å². The molecule has 0 aromatic heterocycles. The Bertz CT molecular complexity index is 1630. The molecule has 8 atom stereocenters. The summed E-state index contributed by atoms with van der Waals surface area (Å²) in [6.07, 6.45) is 28.6. The van der Waals surface area contributed by atoms with Gasteiger partial charge in [-0.1, -0.05) is 146 Å². The Morgan fingerprint density at radius 3 is 1.54 bits per heavy atom. The maximum atomic E-state index is 13.0. The fourth-order valence-electron chi connectivity index (χ4n) is 7.31. The summed E-state index contributed by atoms with van der Waals surface area (Å²) in [5.41, 5.74) is 0. The van der Waals surface area contributed by atoms with E-state index in [1.54, 1.807) is 12.2 Å². The second-order valence-corrected chi connectivity index (χ2v) is 20.2. The lowest BCUT2D eigenvalue weighted by molar-refractivity contribution is -0.216. The van der Waals surface area contributed by atoms with Crippen molar-refractivity contribution in [1.82, 2.24) is 0 Å². The number of carbonyl (C=O) groups excluding carboxylic acids is 3. The minimum absolute atomic E-state index is 0.0125. The first-order chi connectivity index (χ1) is 33.0. The fraction of sp³-hybridized carbons (Fsp3) is 0.740. The summed E-state index contributed by atoms with van der Waals surface area (Å²) in [5.74, 6) is -1.16. The van der Waals surface area contributed by atoms with Crippen LogP contribution in [0.15, 0.2) is 60.8 Å². The smallest absolute Gasteiger partial charge is 0.462 e. The van der Waals surface area contributed by atoms with E-state index in [1.165, 1.54) is 25.7 Å². The summed E-state index contributed by atoms with van der Waals surface area (Å²) in [5, 5.41) is 41.3. The molecule has 0 aromatic rings. The zero-order chi connectivity index (χ0) is 51.2. The van der Waals surface area contributed by atoms with Gasteiger partial charge < -0.3 is 44.6 Å². The van der Waals surface area contributed by atoms with Gasteiger partial charge in [0, 0.05) is 19.3 Å².